The Morgan fingerprint density at radius 1 is 1.58 bits per heavy atom. The average molecular weight is 175 g/mol. The van der Waals surface area contributed by atoms with Crippen LogP contribution in [0.5, 0.6) is 0 Å². The van der Waals surface area contributed by atoms with Crippen molar-refractivity contribution in [2.75, 3.05) is 32.8 Å². The van der Waals surface area contributed by atoms with Crippen LogP contribution in [0.15, 0.2) is 0 Å². The Morgan fingerprint density at radius 2 is 2.25 bits per heavy atom. The van der Waals surface area contributed by atoms with Crippen LogP contribution in [0.1, 0.15) is 6.92 Å². The number of hydrogen-bond acceptors (Lipinski definition) is 3. The number of amides is 2. The number of carbonyl (C=O) groups is 1. The third kappa shape index (κ3) is 5.94. The van der Waals surface area contributed by atoms with Crippen LogP contribution in [-0.4, -0.2) is 48.8 Å². The first-order valence-corrected chi connectivity index (χ1v) is 4.07. The van der Waals surface area contributed by atoms with Crippen molar-refractivity contribution in [3.8, 4) is 0 Å². The van der Waals surface area contributed by atoms with E-state index in [-0.39, 0.29) is 6.61 Å². The number of aliphatic hydroxyl groups excluding tert-OH is 1. The number of carbonyl (C=O) groups excluding carboxylic acids is 1. The lowest BCUT2D eigenvalue weighted by atomic mass is 10.4. The Labute approximate surface area is 72.5 Å². The van der Waals surface area contributed by atoms with Gasteiger partial charge in [0.25, 0.3) is 0 Å². The number of urea groups is 1. The molecular weight excluding hydrogens is 158 g/mol. The van der Waals surface area contributed by atoms with Crippen molar-refractivity contribution in [3.05, 3.63) is 0 Å². The van der Waals surface area contributed by atoms with Crippen molar-refractivity contribution < 1.29 is 9.90 Å². The van der Waals surface area contributed by atoms with Crippen LogP contribution in [0.3, 0.4) is 0 Å². The zero-order valence-electron chi connectivity index (χ0n) is 7.42. The maximum absolute atomic E-state index is 10.3. The van der Waals surface area contributed by atoms with Gasteiger partial charge in [0.15, 0.2) is 0 Å². The Kier molecular flexibility index (Phi) is 6.41. The highest BCUT2D eigenvalue weighted by atomic mass is 16.3. The smallest absolute Gasteiger partial charge is 0.312 e. The third-order valence-electron chi connectivity index (χ3n) is 1.59. The van der Waals surface area contributed by atoms with Gasteiger partial charge < -0.3 is 16.2 Å². The van der Waals surface area contributed by atoms with Crippen molar-refractivity contribution in [2.24, 2.45) is 5.73 Å². The largest absolute Gasteiger partial charge is 0.395 e. The lowest BCUT2D eigenvalue weighted by molar-refractivity contribution is 0.201. The molecule has 0 saturated heterocycles. The number of nitrogens with two attached hydrogens (primary N) is 1. The molecule has 0 aromatic rings. The Balaban J connectivity index is 3.37. The normalized spacial score (nSPS) is 10.2. The van der Waals surface area contributed by atoms with Crippen molar-refractivity contribution >= 4 is 6.03 Å². The fourth-order valence-electron chi connectivity index (χ4n) is 0.907. The van der Waals surface area contributed by atoms with Gasteiger partial charge in [-0.2, -0.15) is 0 Å². The topological polar surface area (TPSA) is 78.6 Å². The Bertz CT molecular complexity index is 130. The van der Waals surface area contributed by atoms with E-state index in [0.29, 0.717) is 13.1 Å². The average Bonchev–Trinajstić information content (AvgIpc) is 2.02. The molecule has 2 amide bonds. The van der Waals surface area contributed by atoms with Crippen molar-refractivity contribution in [1.82, 2.24) is 10.2 Å². The molecule has 0 atom stereocenters. The van der Waals surface area contributed by atoms with E-state index in [1.54, 1.807) is 0 Å². The highest BCUT2D eigenvalue weighted by Gasteiger charge is 2.00. The summed E-state index contributed by atoms with van der Waals surface area (Å²) in [5, 5.41) is 11.1. The van der Waals surface area contributed by atoms with Crippen molar-refractivity contribution in [2.45, 2.75) is 6.92 Å². The summed E-state index contributed by atoms with van der Waals surface area (Å²) >= 11 is 0. The quantitative estimate of drug-likeness (QED) is 0.483. The van der Waals surface area contributed by atoms with Crippen LogP contribution in [0.2, 0.25) is 0 Å². The van der Waals surface area contributed by atoms with E-state index in [1.807, 2.05) is 11.8 Å². The van der Waals surface area contributed by atoms with Crippen LogP contribution in [0, 0.1) is 0 Å². The number of nitrogens with one attached hydrogen (secondary N) is 1. The third-order valence-corrected chi connectivity index (χ3v) is 1.59. The summed E-state index contributed by atoms with van der Waals surface area (Å²) in [6, 6.07) is -0.505. The molecule has 5 nitrogen and oxygen atoms in total. The molecule has 0 spiro atoms. The Hall–Kier alpha value is -0.810. The molecule has 0 aliphatic heterocycles. The summed E-state index contributed by atoms with van der Waals surface area (Å²) < 4.78 is 0. The standard InChI is InChI=1S/C7H17N3O2/c1-2-10(5-6-11)4-3-9-7(8)12/h11H,2-6H2,1H3,(H3,8,9,12). The second kappa shape index (κ2) is 6.87. The lowest BCUT2D eigenvalue weighted by Gasteiger charge is -2.18. The molecule has 0 aromatic carbocycles. The second-order valence-electron chi connectivity index (χ2n) is 2.45. The first kappa shape index (κ1) is 11.2. The Morgan fingerprint density at radius 3 is 2.67 bits per heavy atom. The summed E-state index contributed by atoms with van der Waals surface area (Å²) in [6.07, 6.45) is 0. The minimum Gasteiger partial charge on any atom is -0.395 e. The molecule has 0 rings (SSSR count). The van der Waals surface area contributed by atoms with E-state index in [0.717, 1.165) is 13.1 Å². The van der Waals surface area contributed by atoms with Crippen LogP contribution < -0.4 is 11.1 Å². The van der Waals surface area contributed by atoms with Gasteiger partial charge in [-0.05, 0) is 6.54 Å². The van der Waals surface area contributed by atoms with E-state index in [1.165, 1.54) is 0 Å². The number of aliphatic hydroxyl groups is 1. The molecule has 12 heavy (non-hydrogen) atoms. The SMILES string of the molecule is CCN(CCO)CCNC(N)=O. The highest BCUT2D eigenvalue weighted by molar-refractivity contribution is 5.71. The summed E-state index contributed by atoms with van der Waals surface area (Å²) in [7, 11) is 0. The fourth-order valence-corrected chi connectivity index (χ4v) is 0.907. The first-order chi connectivity index (χ1) is 5.70. The van der Waals surface area contributed by atoms with Gasteiger partial charge in [0.1, 0.15) is 0 Å². The number of primary amides is 1. The lowest BCUT2D eigenvalue weighted by Crippen LogP contribution is -2.38. The number of likely N-dealkylation sites (N-methyl/N-ethyl adjacent to an activating group) is 1. The molecule has 0 fully saturated rings. The van der Waals surface area contributed by atoms with Crippen molar-refractivity contribution in [3.63, 3.8) is 0 Å². The van der Waals surface area contributed by atoms with Gasteiger partial charge in [-0.15, -0.1) is 0 Å². The number of nitrogens with zero attached hydrogens (tertiary/aromatic N) is 1. The molecule has 0 unspecified atom stereocenters. The summed E-state index contributed by atoms with van der Waals surface area (Å²) in [5.41, 5.74) is 4.88. The predicted octanol–water partition coefficient (Wildman–Crippen LogP) is -1.03. The van der Waals surface area contributed by atoms with Crippen LogP contribution in [0.4, 0.5) is 4.79 Å². The van der Waals surface area contributed by atoms with E-state index >= 15 is 0 Å². The molecule has 0 heterocycles. The van der Waals surface area contributed by atoms with E-state index in [9.17, 15) is 4.79 Å². The van der Waals surface area contributed by atoms with Gasteiger partial charge in [0.2, 0.25) is 0 Å². The van der Waals surface area contributed by atoms with Gasteiger partial charge in [0, 0.05) is 19.6 Å². The molecular formula is C7H17N3O2. The predicted molar refractivity (Wildman–Crippen MR) is 46.8 cm³/mol. The molecule has 0 saturated carbocycles. The molecule has 72 valence electrons. The molecule has 0 aliphatic rings. The second-order valence-corrected chi connectivity index (χ2v) is 2.45. The van der Waals surface area contributed by atoms with Gasteiger partial charge in [0.05, 0.1) is 6.61 Å². The van der Waals surface area contributed by atoms with Crippen LogP contribution in [0.25, 0.3) is 0 Å². The summed E-state index contributed by atoms with van der Waals surface area (Å²) in [4.78, 5) is 12.3. The number of hydrogen-bond donors (Lipinski definition) is 3. The van der Waals surface area contributed by atoms with Crippen molar-refractivity contribution in [1.29, 1.82) is 0 Å². The van der Waals surface area contributed by atoms with E-state index < -0.39 is 6.03 Å². The van der Waals surface area contributed by atoms with E-state index in [2.05, 4.69) is 5.32 Å². The minimum absolute atomic E-state index is 0.143. The molecule has 0 aliphatic carbocycles. The maximum atomic E-state index is 10.3. The zero-order valence-corrected chi connectivity index (χ0v) is 7.42. The van der Waals surface area contributed by atoms with Crippen LogP contribution in [-0.2, 0) is 0 Å². The van der Waals surface area contributed by atoms with E-state index in [4.69, 9.17) is 10.8 Å². The zero-order chi connectivity index (χ0) is 9.40. The maximum Gasteiger partial charge on any atom is 0.312 e. The molecule has 5 heteroatoms. The monoisotopic (exact) mass is 175 g/mol. The first-order valence-electron chi connectivity index (χ1n) is 4.07. The fraction of sp³-hybridized carbons (Fsp3) is 0.857. The van der Waals surface area contributed by atoms with Gasteiger partial charge >= 0.3 is 6.03 Å². The molecule has 4 N–H and O–H groups in total. The number of rotatable bonds is 6. The minimum atomic E-state index is -0.505. The van der Waals surface area contributed by atoms with Gasteiger partial charge in [-0.3, -0.25) is 4.90 Å². The molecule has 0 bridgehead atoms. The van der Waals surface area contributed by atoms with Gasteiger partial charge in [-0.1, -0.05) is 6.92 Å². The highest BCUT2D eigenvalue weighted by Crippen LogP contribution is 1.84. The van der Waals surface area contributed by atoms with Gasteiger partial charge in [-0.25, -0.2) is 4.79 Å². The molecule has 0 radical (unpaired) electrons. The summed E-state index contributed by atoms with van der Waals surface area (Å²) in [6.45, 7) is 4.89. The van der Waals surface area contributed by atoms with Crippen LogP contribution >= 0.6 is 0 Å². The molecule has 0 aromatic heterocycles. The summed E-state index contributed by atoms with van der Waals surface area (Å²) in [5.74, 6) is 0.